The van der Waals surface area contributed by atoms with Gasteiger partial charge in [0.15, 0.2) is 5.69 Å². The second-order valence-electron chi connectivity index (χ2n) is 8.11. The van der Waals surface area contributed by atoms with Crippen LogP contribution >= 0.6 is 0 Å². The van der Waals surface area contributed by atoms with Gasteiger partial charge in [0.1, 0.15) is 0 Å². The first-order valence-corrected chi connectivity index (χ1v) is 10.4. The molecule has 0 radical (unpaired) electrons. The van der Waals surface area contributed by atoms with Crippen LogP contribution in [0.2, 0.25) is 0 Å². The summed E-state index contributed by atoms with van der Waals surface area (Å²) in [5, 5.41) is 11.4. The fourth-order valence-electron chi connectivity index (χ4n) is 3.56. The van der Waals surface area contributed by atoms with Crippen molar-refractivity contribution >= 4 is 5.91 Å². The number of benzene rings is 1. The van der Waals surface area contributed by atoms with Gasteiger partial charge in [-0.3, -0.25) is 4.79 Å². The molecule has 0 spiro atoms. The highest BCUT2D eigenvalue weighted by Crippen LogP contribution is 2.30. The van der Waals surface area contributed by atoms with Crippen LogP contribution in [0.1, 0.15) is 64.3 Å². The van der Waals surface area contributed by atoms with Gasteiger partial charge in [-0.2, -0.15) is 0 Å². The first-order valence-electron chi connectivity index (χ1n) is 10.4. The summed E-state index contributed by atoms with van der Waals surface area (Å²) in [6.45, 7) is 8.00. The molecular formula is C23H30N4O2. The Bertz CT molecular complexity index is 866. The maximum absolute atomic E-state index is 12.2. The molecule has 1 saturated heterocycles. The highest BCUT2D eigenvalue weighted by Gasteiger charge is 2.33. The van der Waals surface area contributed by atoms with Crippen LogP contribution in [0, 0.1) is 17.8 Å². The first kappa shape index (κ1) is 21.1. The van der Waals surface area contributed by atoms with E-state index in [2.05, 4.69) is 34.4 Å². The molecule has 6 heteroatoms. The SMILES string of the molecule is CC(C)NC(=O)[C@H](C)[C@H]1CC[C@@H](C[C@@H](C)n2cc(C#Cc3ccccc3)nn2)O1. The van der Waals surface area contributed by atoms with Gasteiger partial charge in [0.25, 0.3) is 0 Å². The average Bonchev–Trinajstić information content (AvgIpc) is 3.35. The lowest BCUT2D eigenvalue weighted by Gasteiger charge is -2.22. The van der Waals surface area contributed by atoms with Crippen molar-refractivity contribution < 1.29 is 9.53 Å². The van der Waals surface area contributed by atoms with Crippen molar-refractivity contribution in [3.05, 3.63) is 47.8 Å². The van der Waals surface area contributed by atoms with Crippen LogP contribution in [0.15, 0.2) is 36.5 Å². The molecule has 1 fully saturated rings. The summed E-state index contributed by atoms with van der Waals surface area (Å²) in [6.07, 6.45) is 4.70. The fourth-order valence-corrected chi connectivity index (χ4v) is 3.56. The summed E-state index contributed by atoms with van der Waals surface area (Å²) >= 11 is 0. The molecule has 1 aromatic carbocycles. The van der Waals surface area contributed by atoms with Crippen molar-refractivity contribution in [2.75, 3.05) is 0 Å². The summed E-state index contributed by atoms with van der Waals surface area (Å²) in [6, 6.07) is 10.1. The normalized spacial score (nSPS) is 20.7. The highest BCUT2D eigenvalue weighted by atomic mass is 16.5. The zero-order chi connectivity index (χ0) is 20.8. The maximum atomic E-state index is 12.2. The summed E-state index contributed by atoms with van der Waals surface area (Å²) < 4.78 is 8.03. The maximum Gasteiger partial charge on any atom is 0.225 e. The largest absolute Gasteiger partial charge is 0.374 e. The molecule has 0 saturated carbocycles. The number of aromatic nitrogens is 3. The number of nitrogens with zero attached hydrogens (tertiary/aromatic N) is 3. The van der Waals surface area contributed by atoms with Gasteiger partial charge < -0.3 is 10.1 Å². The van der Waals surface area contributed by atoms with Crippen molar-refractivity contribution in [3.8, 4) is 11.8 Å². The third-order valence-electron chi connectivity index (χ3n) is 5.22. The third-order valence-corrected chi connectivity index (χ3v) is 5.22. The molecule has 1 aliphatic heterocycles. The number of amides is 1. The molecule has 4 atom stereocenters. The van der Waals surface area contributed by atoms with Gasteiger partial charge in [0.05, 0.1) is 30.4 Å². The Morgan fingerprint density at radius 2 is 1.97 bits per heavy atom. The zero-order valence-electron chi connectivity index (χ0n) is 17.6. The molecule has 1 N–H and O–H groups in total. The van der Waals surface area contributed by atoms with E-state index in [1.54, 1.807) is 0 Å². The van der Waals surface area contributed by atoms with Gasteiger partial charge in [-0.1, -0.05) is 36.3 Å². The van der Waals surface area contributed by atoms with Gasteiger partial charge >= 0.3 is 0 Å². The second kappa shape index (κ2) is 9.71. The van der Waals surface area contributed by atoms with Crippen molar-refractivity contribution in [2.24, 2.45) is 5.92 Å². The minimum absolute atomic E-state index is 0.0194. The molecule has 154 valence electrons. The smallest absolute Gasteiger partial charge is 0.225 e. The van der Waals surface area contributed by atoms with Crippen LogP contribution in [-0.2, 0) is 9.53 Å². The van der Waals surface area contributed by atoms with Crippen molar-refractivity contribution in [2.45, 2.75) is 71.2 Å². The Balaban J connectivity index is 1.52. The standard InChI is InChI=1S/C23H30N4O2/c1-16(2)24-23(28)18(4)22-13-12-21(29-22)14-17(3)27-15-20(25-26-27)11-10-19-8-6-5-7-9-19/h5-9,15-18,21-22H,12-14H2,1-4H3,(H,24,28)/t17-,18-,21+,22-/m1/s1. The Labute approximate surface area is 173 Å². The monoisotopic (exact) mass is 394 g/mol. The van der Waals surface area contributed by atoms with Crippen LogP contribution in [0.5, 0.6) is 0 Å². The lowest BCUT2D eigenvalue weighted by Crippen LogP contribution is -2.39. The Morgan fingerprint density at radius 1 is 1.21 bits per heavy atom. The molecule has 0 aliphatic carbocycles. The van der Waals surface area contributed by atoms with Crippen molar-refractivity contribution in [1.82, 2.24) is 20.3 Å². The Hall–Kier alpha value is -2.65. The van der Waals surface area contributed by atoms with Crippen LogP contribution in [0.25, 0.3) is 0 Å². The van der Waals surface area contributed by atoms with Crippen molar-refractivity contribution in [3.63, 3.8) is 0 Å². The third kappa shape index (κ3) is 5.91. The Kier molecular flexibility index (Phi) is 7.05. The van der Waals surface area contributed by atoms with E-state index in [1.165, 1.54) is 0 Å². The number of hydrogen-bond donors (Lipinski definition) is 1. The topological polar surface area (TPSA) is 69.0 Å². The molecule has 1 amide bonds. The zero-order valence-corrected chi connectivity index (χ0v) is 17.6. The lowest BCUT2D eigenvalue weighted by molar-refractivity contribution is -0.129. The highest BCUT2D eigenvalue weighted by molar-refractivity contribution is 5.79. The number of hydrogen-bond acceptors (Lipinski definition) is 4. The first-order chi connectivity index (χ1) is 13.9. The summed E-state index contributed by atoms with van der Waals surface area (Å²) in [5.74, 6) is 6.09. The van der Waals surface area contributed by atoms with Gasteiger partial charge in [-0.15, -0.1) is 5.10 Å². The molecule has 0 bridgehead atoms. The van der Waals surface area contributed by atoms with Gasteiger partial charge in [-0.05, 0) is 58.1 Å². The fraction of sp³-hybridized carbons (Fsp3) is 0.522. The van der Waals surface area contributed by atoms with Crippen LogP contribution in [0.3, 0.4) is 0 Å². The number of carbonyl (C=O) groups excluding carboxylic acids is 1. The van der Waals surface area contributed by atoms with E-state index in [0.29, 0.717) is 5.69 Å². The molecule has 3 rings (SSSR count). The molecule has 1 aromatic heterocycles. The van der Waals surface area contributed by atoms with E-state index in [-0.39, 0.29) is 36.1 Å². The molecule has 2 aromatic rings. The van der Waals surface area contributed by atoms with Gasteiger partial charge in [-0.25, -0.2) is 4.68 Å². The predicted molar refractivity (Wildman–Crippen MR) is 112 cm³/mol. The van der Waals surface area contributed by atoms with Gasteiger partial charge in [0.2, 0.25) is 5.91 Å². The van der Waals surface area contributed by atoms with Crippen LogP contribution < -0.4 is 5.32 Å². The molecule has 0 unspecified atom stereocenters. The number of rotatable bonds is 6. The van der Waals surface area contributed by atoms with Crippen LogP contribution in [-0.4, -0.2) is 39.2 Å². The number of nitrogens with one attached hydrogen (secondary N) is 1. The van der Waals surface area contributed by atoms with Crippen LogP contribution in [0.4, 0.5) is 0 Å². The second-order valence-corrected chi connectivity index (χ2v) is 8.11. The molecule has 1 aliphatic rings. The molecule has 29 heavy (non-hydrogen) atoms. The summed E-state index contributed by atoms with van der Waals surface area (Å²) in [5.41, 5.74) is 1.61. The minimum Gasteiger partial charge on any atom is -0.374 e. The van der Waals surface area contributed by atoms with E-state index < -0.39 is 0 Å². The molecule has 2 heterocycles. The number of ether oxygens (including phenoxy) is 1. The summed E-state index contributed by atoms with van der Waals surface area (Å²) in [4.78, 5) is 12.2. The predicted octanol–water partition coefficient (Wildman–Crippen LogP) is 3.34. The van der Waals surface area contributed by atoms with E-state index >= 15 is 0 Å². The van der Waals surface area contributed by atoms with E-state index in [1.807, 2.05) is 62.0 Å². The molecule has 6 nitrogen and oxygen atoms in total. The lowest BCUT2D eigenvalue weighted by atomic mass is 10.00. The van der Waals surface area contributed by atoms with E-state index in [9.17, 15) is 4.79 Å². The average molecular weight is 395 g/mol. The van der Waals surface area contributed by atoms with E-state index in [0.717, 1.165) is 24.8 Å². The Morgan fingerprint density at radius 3 is 2.69 bits per heavy atom. The quantitative estimate of drug-likeness (QED) is 0.763. The summed E-state index contributed by atoms with van der Waals surface area (Å²) in [7, 11) is 0. The minimum atomic E-state index is -0.135. The molecular weight excluding hydrogens is 364 g/mol. The van der Waals surface area contributed by atoms with E-state index in [4.69, 9.17) is 4.74 Å². The van der Waals surface area contributed by atoms with Gasteiger partial charge in [0, 0.05) is 11.6 Å². The van der Waals surface area contributed by atoms with Crippen molar-refractivity contribution in [1.29, 1.82) is 0 Å². The number of carbonyl (C=O) groups is 1.